The van der Waals surface area contributed by atoms with Crippen molar-refractivity contribution < 1.29 is 19.4 Å². The number of carboxylic acid groups (broad SMARTS) is 1. The largest absolute Gasteiger partial charge is 0.480 e. The van der Waals surface area contributed by atoms with E-state index >= 15 is 0 Å². The van der Waals surface area contributed by atoms with E-state index < -0.39 is 17.7 Å². The zero-order chi connectivity index (χ0) is 13.8. The average molecular weight is 258 g/mol. The van der Waals surface area contributed by atoms with Crippen LogP contribution in [0.1, 0.15) is 33.6 Å². The fourth-order valence-electron chi connectivity index (χ4n) is 1.90. The number of aliphatic carboxylic acids is 1. The molecule has 1 amide bonds. The number of carbonyl (C=O) groups is 2. The van der Waals surface area contributed by atoms with E-state index in [0.29, 0.717) is 13.1 Å². The summed E-state index contributed by atoms with van der Waals surface area (Å²) in [6, 6.07) is 0.0740. The monoisotopic (exact) mass is 258 g/mol. The highest BCUT2D eigenvalue weighted by atomic mass is 16.6. The van der Waals surface area contributed by atoms with Gasteiger partial charge in [0.05, 0.1) is 6.54 Å². The summed E-state index contributed by atoms with van der Waals surface area (Å²) < 4.78 is 5.17. The predicted molar refractivity (Wildman–Crippen MR) is 66.5 cm³/mol. The molecule has 0 atom stereocenters. The molecule has 2 N–H and O–H groups in total. The molecule has 104 valence electrons. The van der Waals surface area contributed by atoms with E-state index in [-0.39, 0.29) is 12.6 Å². The van der Waals surface area contributed by atoms with E-state index in [0.717, 1.165) is 12.8 Å². The second-order valence-electron chi connectivity index (χ2n) is 5.59. The molecule has 1 fully saturated rings. The Morgan fingerprint density at radius 2 is 1.89 bits per heavy atom. The maximum atomic E-state index is 11.5. The minimum absolute atomic E-state index is 0.0686. The van der Waals surface area contributed by atoms with Crippen LogP contribution in [0.4, 0.5) is 4.79 Å². The van der Waals surface area contributed by atoms with Crippen molar-refractivity contribution in [1.29, 1.82) is 0 Å². The van der Waals surface area contributed by atoms with E-state index in [1.54, 1.807) is 0 Å². The van der Waals surface area contributed by atoms with Crippen LogP contribution in [0.2, 0.25) is 0 Å². The quantitative estimate of drug-likeness (QED) is 0.791. The summed E-state index contributed by atoms with van der Waals surface area (Å²) >= 11 is 0. The van der Waals surface area contributed by atoms with Crippen molar-refractivity contribution in [2.45, 2.75) is 45.3 Å². The Hall–Kier alpha value is -1.30. The van der Waals surface area contributed by atoms with Gasteiger partial charge in [0.1, 0.15) is 5.60 Å². The second kappa shape index (κ2) is 6.04. The molecule has 0 radical (unpaired) electrons. The highest BCUT2D eigenvalue weighted by Gasteiger charge is 2.24. The van der Waals surface area contributed by atoms with Crippen LogP contribution >= 0.6 is 0 Å². The Morgan fingerprint density at radius 3 is 2.33 bits per heavy atom. The molecule has 0 spiro atoms. The van der Waals surface area contributed by atoms with Crippen molar-refractivity contribution in [3.05, 3.63) is 0 Å². The van der Waals surface area contributed by atoms with Crippen molar-refractivity contribution in [3.63, 3.8) is 0 Å². The summed E-state index contributed by atoms with van der Waals surface area (Å²) in [6.07, 6.45) is 1.11. The zero-order valence-corrected chi connectivity index (χ0v) is 11.2. The molecule has 1 aliphatic heterocycles. The topological polar surface area (TPSA) is 78.9 Å². The number of piperidine rings is 1. The molecule has 1 aliphatic rings. The molecule has 1 rings (SSSR count). The number of likely N-dealkylation sites (tertiary alicyclic amines) is 1. The molecule has 0 aromatic heterocycles. The molecule has 1 saturated heterocycles. The lowest BCUT2D eigenvalue weighted by molar-refractivity contribution is -0.138. The Kier molecular flexibility index (Phi) is 4.95. The molecular formula is C12H22N2O4. The van der Waals surface area contributed by atoms with Gasteiger partial charge in [0, 0.05) is 19.1 Å². The summed E-state index contributed by atoms with van der Waals surface area (Å²) in [5.41, 5.74) is -0.492. The number of carboxylic acids is 1. The maximum Gasteiger partial charge on any atom is 0.407 e. The highest BCUT2D eigenvalue weighted by Crippen LogP contribution is 2.12. The standard InChI is InChI=1S/C12H22N2O4/c1-12(2,3)18-11(17)13-9-4-6-14(7-5-9)8-10(15)16/h9H,4-8H2,1-3H3,(H,13,17)(H,15,16). The number of amides is 1. The first-order valence-corrected chi connectivity index (χ1v) is 6.20. The number of hydrogen-bond acceptors (Lipinski definition) is 4. The van der Waals surface area contributed by atoms with Gasteiger partial charge in [-0.2, -0.15) is 0 Å². The van der Waals surface area contributed by atoms with Crippen LogP contribution in [0, 0.1) is 0 Å². The Labute approximate surface area is 107 Å². The second-order valence-corrected chi connectivity index (χ2v) is 5.59. The average Bonchev–Trinajstić information content (AvgIpc) is 2.17. The van der Waals surface area contributed by atoms with Crippen LogP contribution in [0.25, 0.3) is 0 Å². The van der Waals surface area contributed by atoms with Crippen LogP contribution in [0.5, 0.6) is 0 Å². The van der Waals surface area contributed by atoms with Gasteiger partial charge in [-0.25, -0.2) is 4.79 Å². The Balaban J connectivity index is 2.27. The number of nitrogens with one attached hydrogen (secondary N) is 1. The SMILES string of the molecule is CC(C)(C)OC(=O)NC1CCN(CC(=O)O)CC1. The van der Waals surface area contributed by atoms with Gasteiger partial charge in [0.2, 0.25) is 0 Å². The summed E-state index contributed by atoms with van der Waals surface area (Å²) in [6.45, 7) is 6.91. The van der Waals surface area contributed by atoms with Crippen molar-refractivity contribution in [1.82, 2.24) is 10.2 Å². The van der Waals surface area contributed by atoms with Crippen LogP contribution in [-0.2, 0) is 9.53 Å². The molecule has 0 saturated carbocycles. The Bertz CT molecular complexity index is 304. The number of ether oxygens (including phenoxy) is 1. The number of nitrogens with zero attached hydrogens (tertiary/aromatic N) is 1. The first kappa shape index (κ1) is 14.8. The zero-order valence-electron chi connectivity index (χ0n) is 11.2. The van der Waals surface area contributed by atoms with Gasteiger partial charge in [-0.05, 0) is 33.6 Å². The third kappa shape index (κ3) is 5.86. The van der Waals surface area contributed by atoms with Gasteiger partial charge in [0.25, 0.3) is 0 Å². The van der Waals surface area contributed by atoms with Gasteiger partial charge in [-0.3, -0.25) is 9.69 Å². The van der Waals surface area contributed by atoms with E-state index in [2.05, 4.69) is 5.32 Å². The van der Waals surface area contributed by atoms with E-state index in [4.69, 9.17) is 9.84 Å². The molecule has 0 bridgehead atoms. The number of hydrogen-bond donors (Lipinski definition) is 2. The summed E-state index contributed by atoms with van der Waals surface area (Å²) in [4.78, 5) is 24.0. The van der Waals surface area contributed by atoms with Gasteiger partial charge in [-0.1, -0.05) is 0 Å². The number of carbonyl (C=O) groups excluding carboxylic acids is 1. The minimum atomic E-state index is -0.812. The summed E-state index contributed by atoms with van der Waals surface area (Å²) in [7, 11) is 0. The van der Waals surface area contributed by atoms with Crippen molar-refractivity contribution in [2.75, 3.05) is 19.6 Å². The number of alkyl carbamates (subject to hydrolysis) is 1. The van der Waals surface area contributed by atoms with Crippen molar-refractivity contribution in [3.8, 4) is 0 Å². The Morgan fingerprint density at radius 1 is 1.33 bits per heavy atom. The molecule has 18 heavy (non-hydrogen) atoms. The van der Waals surface area contributed by atoms with Gasteiger partial charge in [-0.15, -0.1) is 0 Å². The van der Waals surface area contributed by atoms with Crippen LogP contribution in [-0.4, -0.2) is 53.3 Å². The lowest BCUT2D eigenvalue weighted by Gasteiger charge is -2.31. The smallest absolute Gasteiger partial charge is 0.407 e. The van der Waals surface area contributed by atoms with Gasteiger partial charge >= 0.3 is 12.1 Å². The lowest BCUT2D eigenvalue weighted by Crippen LogP contribution is -2.47. The third-order valence-corrected chi connectivity index (χ3v) is 2.67. The number of rotatable bonds is 3. The van der Waals surface area contributed by atoms with Gasteiger partial charge in [0.15, 0.2) is 0 Å². The van der Waals surface area contributed by atoms with E-state index in [9.17, 15) is 9.59 Å². The molecule has 0 aromatic rings. The molecule has 1 heterocycles. The maximum absolute atomic E-state index is 11.5. The van der Waals surface area contributed by atoms with E-state index in [1.807, 2.05) is 25.7 Å². The van der Waals surface area contributed by atoms with Gasteiger partial charge < -0.3 is 15.2 Å². The fourth-order valence-corrected chi connectivity index (χ4v) is 1.90. The normalized spacial score (nSPS) is 18.4. The summed E-state index contributed by atoms with van der Waals surface area (Å²) in [5.74, 6) is -0.812. The van der Waals surface area contributed by atoms with Crippen molar-refractivity contribution >= 4 is 12.1 Å². The highest BCUT2D eigenvalue weighted by molar-refractivity contribution is 5.69. The molecule has 0 aromatic carbocycles. The third-order valence-electron chi connectivity index (χ3n) is 2.67. The molecule has 0 unspecified atom stereocenters. The fraction of sp³-hybridized carbons (Fsp3) is 0.833. The molecule has 6 nitrogen and oxygen atoms in total. The molecular weight excluding hydrogens is 236 g/mol. The van der Waals surface area contributed by atoms with Crippen LogP contribution in [0.3, 0.4) is 0 Å². The van der Waals surface area contributed by atoms with Crippen LogP contribution < -0.4 is 5.32 Å². The van der Waals surface area contributed by atoms with E-state index in [1.165, 1.54) is 0 Å². The van der Waals surface area contributed by atoms with Crippen LogP contribution in [0.15, 0.2) is 0 Å². The predicted octanol–water partition coefficient (Wildman–Crippen LogP) is 1.06. The minimum Gasteiger partial charge on any atom is -0.480 e. The first-order valence-electron chi connectivity index (χ1n) is 6.20. The van der Waals surface area contributed by atoms with Crippen molar-refractivity contribution in [2.24, 2.45) is 0 Å². The molecule has 6 heteroatoms. The molecule has 0 aliphatic carbocycles. The summed E-state index contributed by atoms with van der Waals surface area (Å²) in [5, 5.41) is 11.5. The first-order chi connectivity index (χ1) is 8.26. The lowest BCUT2D eigenvalue weighted by atomic mass is 10.1.